The number of nitrogens with zero attached hydrogens (tertiary/aromatic N) is 5. The van der Waals surface area contributed by atoms with Gasteiger partial charge in [0.15, 0.2) is 0 Å². The minimum absolute atomic E-state index is 0.0291. The number of benzene rings is 1. The molecule has 2 heterocycles. The second-order valence-corrected chi connectivity index (χ2v) is 7.30. The number of rotatable bonds is 7. The van der Waals surface area contributed by atoms with Gasteiger partial charge in [0, 0.05) is 19.0 Å². The van der Waals surface area contributed by atoms with Crippen LogP contribution in [0.3, 0.4) is 0 Å². The Balaban J connectivity index is 1.50. The van der Waals surface area contributed by atoms with E-state index in [9.17, 15) is 4.79 Å². The monoisotopic (exact) mass is 362 g/mol. The van der Waals surface area contributed by atoms with Crippen LogP contribution < -0.4 is 5.32 Å². The Morgan fingerprint density at radius 1 is 1.42 bits per heavy atom. The van der Waals surface area contributed by atoms with E-state index < -0.39 is 0 Å². The van der Waals surface area contributed by atoms with Crippen molar-refractivity contribution in [2.75, 3.05) is 12.3 Å². The predicted molar refractivity (Wildman–Crippen MR) is 95.3 cm³/mol. The first-order valence-corrected chi connectivity index (χ1v) is 9.48. The molecule has 0 radical (unpaired) electrons. The van der Waals surface area contributed by atoms with Gasteiger partial charge in [-0.15, -0.1) is 16.4 Å². The molecule has 1 unspecified atom stereocenters. The van der Waals surface area contributed by atoms with Gasteiger partial charge in [-0.05, 0) is 29.5 Å². The van der Waals surface area contributed by atoms with Crippen molar-refractivity contribution >= 4 is 39.2 Å². The lowest BCUT2D eigenvalue weighted by atomic mass is 10.2. The van der Waals surface area contributed by atoms with E-state index in [0.717, 1.165) is 10.5 Å². The standard InChI is InChI=1S/C15H18N6OS2/c1-3-21-15(18-19-20-21)23-9-13(22)16-8-10(2)14-17-11-6-4-5-7-12(11)24-14/h4-7,10H,3,8-9H2,1-2H3,(H,16,22). The lowest BCUT2D eigenvalue weighted by Gasteiger charge is -2.09. The van der Waals surface area contributed by atoms with Crippen LogP contribution in [0.5, 0.6) is 0 Å². The molecule has 0 aliphatic heterocycles. The number of thiazole rings is 1. The molecule has 0 aliphatic rings. The van der Waals surface area contributed by atoms with Crippen molar-refractivity contribution in [3.8, 4) is 0 Å². The summed E-state index contributed by atoms with van der Waals surface area (Å²) in [7, 11) is 0. The van der Waals surface area contributed by atoms with Crippen molar-refractivity contribution in [2.45, 2.75) is 31.5 Å². The maximum absolute atomic E-state index is 12.0. The first-order valence-electron chi connectivity index (χ1n) is 7.68. The summed E-state index contributed by atoms with van der Waals surface area (Å²) in [5, 5.41) is 16.0. The Kier molecular flexibility index (Phi) is 5.41. The molecule has 1 atom stereocenters. The van der Waals surface area contributed by atoms with E-state index >= 15 is 0 Å². The van der Waals surface area contributed by atoms with Gasteiger partial charge in [-0.3, -0.25) is 4.79 Å². The molecule has 126 valence electrons. The molecular weight excluding hydrogens is 344 g/mol. The van der Waals surface area contributed by atoms with Crippen molar-refractivity contribution in [1.82, 2.24) is 30.5 Å². The molecule has 0 saturated heterocycles. The molecule has 24 heavy (non-hydrogen) atoms. The minimum atomic E-state index is -0.0291. The van der Waals surface area contributed by atoms with Crippen LogP contribution >= 0.6 is 23.1 Å². The first-order chi connectivity index (χ1) is 11.7. The fourth-order valence-corrected chi connectivity index (χ4v) is 3.92. The van der Waals surface area contributed by atoms with Crippen molar-refractivity contribution in [1.29, 1.82) is 0 Å². The molecule has 1 aromatic carbocycles. The number of hydrogen-bond acceptors (Lipinski definition) is 7. The SMILES string of the molecule is CCn1nnnc1SCC(=O)NCC(C)c1nc2ccccc2s1. The zero-order valence-electron chi connectivity index (χ0n) is 13.5. The van der Waals surface area contributed by atoms with Crippen molar-refractivity contribution < 1.29 is 4.79 Å². The number of aryl methyl sites for hydroxylation is 1. The third kappa shape index (κ3) is 3.90. The highest BCUT2D eigenvalue weighted by atomic mass is 32.2. The number of amides is 1. The van der Waals surface area contributed by atoms with Crippen LogP contribution in [-0.2, 0) is 11.3 Å². The third-order valence-electron chi connectivity index (χ3n) is 3.47. The van der Waals surface area contributed by atoms with Crippen LogP contribution in [0.15, 0.2) is 29.4 Å². The minimum Gasteiger partial charge on any atom is -0.355 e. The van der Waals surface area contributed by atoms with Crippen LogP contribution in [0, 0.1) is 0 Å². The molecule has 1 amide bonds. The number of fused-ring (bicyclic) bond motifs is 1. The second kappa shape index (κ2) is 7.71. The number of para-hydroxylation sites is 1. The number of nitrogens with one attached hydrogen (secondary N) is 1. The van der Waals surface area contributed by atoms with Crippen LogP contribution in [0.4, 0.5) is 0 Å². The van der Waals surface area contributed by atoms with Gasteiger partial charge < -0.3 is 5.32 Å². The van der Waals surface area contributed by atoms with Crippen LogP contribution in [0.1, 0.15) is 24.8 Å². The number of thioether (sulfide) groups is 1. The Morgan fingerprint density at radius 2 is 2.25 bits per heavy atom. The quantitative estimate of drug-likeness (QED) is 0.649. The molecule has 7 nitrogen and oxygen atoms in total. The zero-order valence-corrected chi connectivity index (χ0v) is 15.1. The molecule has 2 aromatic heterocycles. The molecule has 0 bridgehead atoms. The lowest BCUT2D eigenvalue weighted by Crippen LogP contribution is -2.29. The topological polar surface area (TPSA) is 85.6 Å². The summed E-state index contributed by atoms with van der Waals surface area (Å²) in [6.07, 6.45) is 0. The first kappa shape index (κ1) is 16.8. The fraction of sp³-hybridized carbons (Fsp3) is 0.400. The summed E-state index contributed by atoms with van der Waals surface area (Å²) in [6, 6.07) is 8.07. The normalized spacial score (nSPS) is 12.4. The number of carbonyl (C=O) groups is 1. The summed E-state index contributed by atoms with van der Waals surface area (Å²) in [5.41, 5.74) is 1.01. The van der Waals surface area contributed by atoms with E-state index in [0.29, 0.717) is 24.0 Å². The van der Waals surface area contributed by atoms with Crippen molar-refractivity contribution in [2.24, 2.45) is 0 Å². The Bertz CT molecular complexity index is 797. The van der Waals surface area contributed by atoms with E-state index in [1.165, 1.54) is 16.5 Å². The second-order valence-electron chi connectivity index (χ2n) is 5.29. The van der Waals surface area contributed by atoms with Crippen LogP contribution in [0.2, 0.25) is 0 Å². The van der Waals surface area contributed by atoms with Gasteiger partial charge >= 0.3 is 0 Å². The molecule has 1 N–H and O–H groups in total. The van der Waals surface area contributed by atoms with Gasteiger partial charge in [0.25, 0.3) is 0 Å². The molecule has 0 spiro atoms. The van der Waals surface area contributed by atoms with Gasteiger partial charge in [0.05, 0.1) is 21.0 Å². The number of carbonyl (C=O) groups excluding carboxylic acids is 1. The summed E-state index contributed by atoms with van der Waals surface area (Å²) < 4.78 is 2.84. The highest BCUT2D eigenvalue weighted by molar-refractivity contribution is 7.99. The van der Waals surface area contributed by atoms with Gasteiger partial charge in [-0.1, -0.05) is 30.8 Å². The summed E-state index contributed by atoms with van der Waals surface area (Å²) in [5.74, 6) is 0.448. The number of hydrogen-bond donors (Lipinski definition) is 1. The van der Waals surface area contributed by atoms with Crippen molar-refractivity contribution in [3.63, 3.8) is 0 Å². The number of aromatic nitrogens is 5. The highest BCUT2D eigenvalue weighted by Crippen LogP contribution is 2.26. The average molecular weight is 362 g/mol. The van der Waals surface area contributed by atoms with Crippen LogP contribution in [0.25, 0.3) is 10.2 Å². The average Bonchev–Trinajstić information content (AvgIpc) is 3.23. The molecule has 3 aromatic rings. The van der Waals surface area contributed by atoms with Crippen LogP contribution in [-0.4, -0.2) is 43.4 Å². The Hall–Kier alpha value is -2.00. The smallest absolute Gasteiger partial charge is 0.230 e. The van der Waals surface area contributed by atoms with Gasteiger partial charge in [0.2, 0.25) is 11.1 Å². The van der Waals surface area contributed by atoms with E-state index in [4.69, 9.17) is 0 Å². The lowest BCUT2D eigenvalue weighted by molar-refractivity contribution is -0.118. The van der Waals surface area contributed by atoms with Gasteiger partial charge in [-0.2, -0.15) is 0 Å². The maximum Gasteiger partial charge on any atom is 0.230 e. The Labute approximate surface area is 147 Å². The van der Waals surface area contributed by atoms with Crippen molar-refractivity contribution in [3.05, 3.63) is 29.3 Å². The largest absolute Gasteiger partial charge is 0.355 e. The van der Waals surface area contributed by atoms with Gasteiger partial charge in [0.1, 0.15) is 0 Å². The molecule has 3 rings (SSSR count). The molecule has 9 heteroatoms. The summed E-state index contributed by atoms with van der Waals surface area (Å²) in [6.45, 7) is 5.28. The Morgan fingerprint density at radius 3 is 3.04 bits per heavy atom. The number of tetrazole rings is 1. The molecule has 0 saturated carbocycles. The zero-order chi connectivity index (χ0) is 16.9. The summed E-state index contributed by atoms with van der Waals surface area (Å²) in [4.78, 5) is 16.7. The predicted octanol–water partition coefficient (Wildman–Crippen LogP) is 2.31. The van der Waals surface area contributed by atoms with Gasteiger partial charge in [-0.25, -0.2) is 9.67 Å². The van der Waals surface area contributed by atoms with E-state index in [-0.39, 0.29) is 11.8 Å². The third-order valence-corrected chi connectivity index (χ3v) is 5.69. The molecule has 0 fully saturated rings. The van der Waals surface area contributed by atoms with E-state index in [1.807, 2.05) is 25.1 Å². The summed E-state index contributed by atoms with van der Waals surface area (Å²) >= 11 is 3.02. The fourth-order valence-electron chi connectivity index (χ4n) is 2.13. The van der Waals surface area contributed by atoms with E-state index in [1.54, 1.807) is 16.0 Å². The molecule has 0 aliphatic carbocycles. The van der Waals surface area contributed by atoms with E-state index in [2.05, 4.69) is 38.8 Å². The maximum atomic E-state index is 12.0. The molecular formula is C15H18N6OS2. The highest BCUT2D eigenvalue weighted by Gasteiger charge is 2.14.